The van der Waals surface area contributed by atoms with Crippen LogP contribution in [0.25, 0.3) is 0 Å². The number of halogens is 1. The average molecular weight is 320 g/mol. The van der Waals surface area contributed by atoms with Gasteiger partial charge in [0.2, 0.25) is 0 Å². The number of benzene rings is 1. The van der Waals surface area contributed by atoms with Gasteiger partial charge in [-0.15, -0.1) is 0 Å². The largest absolute Gasteiger partial charge is 0.466 e. The fourth-order valence-electron chi connectivity index (χ4n) is 2.17. The van der Waals surface area contributed by atoms with E-state index in [2.05, 4.69) is 10.6 Å². The Morgan fingerprint density at radius 2 is 2.13 bits per heavy atom. The Morgan fingerprint density at radius 3 is 2.83 bits per heavy atom. The zero-order valence-electron chi connectivity index (χ0n) is 13.0. The van der Waals surface area contributed by atoms with Gasteiger partial charge in [0.25, 0.3) is 0 Å². The van der Waals surface area contributed by atoms with Crippen molar-refractivity contribution >= 4 is 6.03 Å². The minimum absolute atomic E-state index is 0.0379. The topological polar surface area (TPSA) is 74.5 Å². The third-order valence-electron chi connectivity index (χ3n) is 3.46. The highest BCUT2D eigenvalue weighted by Crippen LogP contribution is 2.19. The molecule has 1 atom stereocenters. The molecular weight excluding hydrogens is 299 g/mol. The van der Waals surface area contributed by atoms with Gasteiger partial charge in [-0.3, -0.25) is 0 Å². The van der Waals surface area contributed by atoms with Crippen LogP contribution in [0.15, 0.2) is 47.1 Å². The van der Waals surface area contributed by atoms with Gasteiger partial charge in [-0.1, -0.05) is 12.1 Å². The molecule has 0 radical (unpaired) electrons. The molecule has 2 rings (SSSR count). The summed E-state index contributed by atoms with van der Waals surface area (Å²) in [5, 5.41) is 15.5. The normalized spacial score (nSPS) is 13.3. The lowest BCUT2D eigenvalue weighted by Gasteiger charge is -2.21. The predicted molar refractivity (Wildman–Crippen MR) is 84.4 cm³/mol. The molecule has 1 heterocycles. The van der Waals surface area contributed by atoms with Gasteiger partial charge in [0.15, 0.2) is 0 Å². The van der Waals surface area contributed by atoms with Gasteiger partial charge in [-0.25, -0.2) is 9.18 Å². The van der Waals surface area contributed by atoms with Crippen molar-refractivity contribution in [2.24, 2.45) is 0 Å². The van der Waals surface area contributed by atoms with Crippen molar-refractivity contribution in [3.05, 3.63) is 59.8 Å². The zero-order chi connectivity index (χ0) is 16.7. The Morgan fingerprint density at radius 1 is 1.30 bits per heavy atom. The average Bonchev–Trinajstić information content (AvgIpc) is 3.05. The van der Waals surface area contributed by atoms with E-state index in [0.717, 1.165) is 5.56 Å². The summed E-state index contributed by atoms with van der Waals surface area (Å²) in [5.74, 6) is 0.136. The van der Waals surface area contributed by atoms with Crippen LogP contribution in [0, 0.1) is 5.82 Å². The van der Waals surface area contributed by atoms with Gasteiger partial charge >= 0.3 is 6.03 Å². The second kappa shape index (κ2) is 7.78. The van der Waals surface area contributed by atoms with Crippen LogP contribution in [0.3, 0.4) is 0 Å². The Balaban J connectivity index is 1.65. The van der Waals surface area contributed by atoms with Crippen LogP contribution in [0.2, 0.25) is 0 Å². The van der Waals surface area contributed by atoms with Crippen LogP contribution >= 0.6 is 0 Å². The summed E-state index contributed by atoms with van der Waals surface area (Å²) in [6.45, 7) is 2.07. The van der Waals surface area contributed by atoms with Crippen LogP contribution in [-0.4, -0.2) is 24.2 Å². The number of nitrogens with one attached hydrogen (secondary N) is 2. The summed E-state index contributed by atoms with van der Waals surface area (Å²) >= 11 is 0. The van der Waals surface area contributed by atoms with E-state index >= 15 is 0 Å². The summed E-state index contributed by atoms with van der Waals surface area (Å²) < 4.78 is 18.2. The molecule has 6 heteroatoms. The third kappa shape index (κ3) is 5.41. The maximum Gasteiger partial charge on any atom is 0.314 e. The number of furan rings is 1. The first-order valence-corrected chi connectivity index (χ1v) is 7.50. The van der Waals surface area contributed by atoms with E-state index in [9.17, 15) is 14.3 Å². The smallest absolute Gasteiger partial charge is 0.314 e. The molecule has 1 unspecified atom stereocenters. The molecule has 2 aromatic rings. The number of carbonyl (C=O) groups excluding carboxylic acids is 1. The Kier molecular flexibility index (Phi) is 5.76. The Bertz CT molecular complexity index is 627. The minimum atomic E-state index is -1.26. The maximum atomic E-state index is 13.0. The van der Waals surface area contributed by atoms with E-state index in [1.807, 2.05) is 6.07 Å². The van der Waals surface area contributed by atoms with Crippen molar-refractivity contribution in [2.75, 3.05) is 13.1 Å². The highest BCUT2D eigenvalue weighted by Gasteiger charge is 2.26. The highest BCUT2D eigenvalue weighted by atomic mass is 19.1. The molecule has 0 bridgehead atoms. The summed E-state index contributed by atoms with van der Waals surface area (Å²) in [6, 6.07) is 9.37. The van der Waals surface area contributed by atoms with E-state index in [1.54, 1.807) is 25.1 Å². The quantitative estimate of drug-likeness (QED) is 0.686. The van der Waals surface area contributed by atoms with E-state index in [0.29, 0.717) is 25.1 Å². The number of amides is 2. The van der Waals surface area contributed by atoms with Crippen molar-refractivity contribution in [3.8, 4) is 0 Å². The minimum Gasteiger partial charge on any atom is -0.466 e. The lowest BCUT2D eigenvalue weighted by molar-refractivity contribution is 0.0367. The molecule has 0 aliphatic heterocycles. The van der Waals surface area contributed by atoms with Gasteiger partial charge in [-0.05, 0) is 49.6 Å². The van der Waals surface area contributed by atoms with E-state index in [1.165, 1.54) is 18.4 Å². The van der Waals surface area contributed by atoms with Gasteiger partial charge in [0.1, 0.15) is 17.2 Å². The molecule has 0 spiro atoms. The van der Waals surface area contributed by atoms with E-state index < -0.39 is 5.60 Å². The fraction of sp³-hybridized carbons (Fsp3) is 0.353. The fourth-order valence-corrected chi connectivity index (χ4v) is 2.17. The molecule has 0 fully saturated rings. The number of hydrogen-bond donors (Lipinski definition) is 3. The molecule has 1 aromatic heterocycles. The van der Waals surface area contributed by atoms with Gasteiger partial charge < -0.3 is 20.2 Å². The molecule has 0 aliphatic rings. The SMILES string of the molecule is CC(O)(CNC(=O)NCCCc1cccc(F)c1)c1ccco1. The molecule has 5 nitrogen and oxygen atoms in total. The van der Waals surface area contributed by atoms with Crippen LogP contribution in [-0.2, 0) is 12.0 Å². The monoisotopic (exact) mass is 320 g/mol. The first kappa shape index (κ1) is 17.0. The molecule has 0 saturated carbocycles. The lowest BCUT2D eigenvalue weighted by Crippen LogP contribution is -2.43. The number of urea groups is 1. The third-order valence-corrected chi connectivity index (χ3v) is 3.46. The van der Waals surface area contributed by atoms with E-state index in [-0.39, 0.29) is 18.4 Å². The first-order chi connectivity index (χ1) is 11.0. The van der Waals surface area contributed by atoms with Crippen LogP contribution in [0.1, 0.15) is 24.7 Å². The van der Waals surface area contributed by atoms with E-state index in [4.69, 9.17) is 4.42 Å². The van der Waals surface area contributed by atoms with Gasteiger partial charge in [0, 0.05) is 6.54 Å². The molecule has 0 saturated heterocycles. The molecule has 3 N–H and O–H groups in total. The van der Waals surface area contributed by atoms with Crippen molar-refractivity contribution in [3.63, 3.8) is 0 Å². The maximum absolute atomic E-state index is 13.0. The second-order valence-electron chi connectivity index (χ2n) is 5.59. The van der Waals surface area contributed by atoms with Gasteiger partial charge in [0.05, 0.1) is 12.8 Å². The molecule has 0 aliphatic carbocycles. The Hall–Kier alpha value is -2.34. The van der Waals surface area contributed by atoms with Crippen molar-refractivity contribution in [1.82, 2.24) is 10.6 Å². The number of aliphatic hydroxyl groups is 1. The summed E-state index contributed by atoms with van der Waals surface area (Å²) in [4.78, 5) is 11.7. The Labute approximate surface area is 134 Å². The molecular formula is C17H21FN2O3. The van der Waals surface area contributed by atoms with Crippen LogP contribution < -0.4 is 10.6 Å². The van der Waals surface area contributed by atoms with Crippen molar-refractivity contribution < 1.29 is 18.7 Å². The number of rotatable bonds is 7. The number of hydrogen-bond acceptors (Lipinski definition) is 3. The van der Waals surface area contributed by atoms with Crippen molar-refractivity contribution in [2.45, 2.75) is 25.4 Å². The zero-order valence-corrected chi connectivity index (χ0v) is 13.0. The summed E-state index contributed by atoms with van der Waals surface area (Å²) in [5.41, 5.74) is -0.365. The second-order valence-corrected chi connectivity index (χ2v) is 5.59. The summed E-state index contributed by atoms with van der Waals surface area (Å²) in [6.07, 6.45) is 2.85. The highest BCUT2D eigenvalue weighted by molar-refractivity contribution is 5.73. The lowest BCUT2D eigenvalue weighted by atomic mass is 10.0. The van der Waals surface area contributed by atoms with Crippen LogP contribution in [0.5, 0.6) is 0 Å². The standard InChI is InChI=1S/C17H21FN2O3/c1-17(22,15-8-4-10-23-15)12-20-16(21)19-9-3-6-13-5-2-7-14(18)11-13/h2,4-5,7-8,10-11,22H,3,6,9,12H2,1H3,(H2,19,20,21). The van der Waals surface area contributed by atoms with Crippen molar-refractivity contribution in [1.29, 1.82) is 0 Å². The molecule has 23 heavy (non-hydrogen) atoms. The van der Waals surface area contributed by atoms with Gasteiger partial charge in [-0.2, -0.15) is 0 Å². The molecule has 124 valence electrons. The number of aryl methyl sites for hydroxylation is 1. The molecule has 1 aromatic carbocycles. The predicted octanol–water partition coefficient (Wildman–Crippen LogP) is 2.56. The number of carbonyl (C=O) groups is 1. The van der Waals surface area contributed by atoms with Crippen LogP contribution in [0.4, 0.5) is 9.18 Å². The summed E-state index contributed by atoms with van der Waals surface area (Å²) in [7, 11) is 0. The first-order valence-electron chi connectivity index (χ1n) is 7.50. The molecule has 2 amide bonds.